The summed E-state index contributed by atoms with van der Waals surface area (Å²) in [6.07, 6.45) is 0. The molecule has 9 heteroatoms. The van der Waals surface area contributed by atoms with Crippen molar-refractivity contribution < 1.29 is 22.7 Å². The number of esters is 1. The van der Waals surface area contributed by atoms with Crippen LogP contribution in [0, 0.1) is 0 Å². The average Bonchev–Trinajstić information content (AvgIpc) is 3.02. The smallest absolute Gasteiger partial charge is 0.338 e. The standard InChI is InChI=1S/C19H18N2O5S2/c1-2-26-18(23)14-8-9-15-16(10-14)27-19(20-15)21-17(22)12-28(24,25)11-13-6-4-3-5-7-13/h3-10H,2,11-12H2,1H3,(H,20,21,22). The number of hydrogen-bond donors (Lipinski definition) is 1. The number of carbonyl (C=O) groups is 2. The predicted molar refractivity (Wildman–Crippen MR) is 108 cm³/mol. The van der Waals surface area contributed by atoms with Gasteiger partial charge in [0.05, 0.1) is 28.1 Å². The molecule has 0 fully saturated rings. The second kappa shape index (κ2) is 8.49. The number of thiazole rings is 1. The number of aromatic nitrogens is 1. The molecule has 3 rings (SSSR count). The molecule has 0 aliphatic heterocycles. The van der Waals surface area contributed by atoms with Gasteiger partial charge in [0, 0.05) is 0 Å². The minimum atomic E-state index is -3.60. The number of amides is 1. The summed E-state index contributed by atoms with van der Waals surface area (Å²) in [5, 5.41) is 2.79. The van der Waals surface area contributed by atoms with Gasteiger partial charge in [-0.2, -0.15) is 0 Å². The molecule has 0 bridgehead atoms. The third kappa shape index (κ3) is 5.14. The number of carbonyl (C=O) groups excluding carboxylic acids is 2. The number of nitrogens with one attached hydrogen (secondary N) is 1. The summed E-state index contributed by atoms with van der Waals surface area (Å²) in [6, 6.07) is 13.6. The van der Waals surface area contributed by atoms with E-state index in [1.54, 1.807) is 55.5 Å². The molecular weight excluding hydrogens is 400 g/mol. The molecule has 3 aromatic rings. The number of fused-ring (bicyclic) bond motifs is 1. The highest BCUT2D eigenvalue weighted by Gasteiger charge is 2.19. The second-order valence-corrected chi connectivity index (χ2v) is 9.08. The Bertz CT molecular complexity index is 1110. The molecular formula is C19H18N2O5S2. The van der Waals surface area contributed by atoms with Gasteiger partial charge >= 0.3 is 5.97 Å². The lowest BCUT2D eigenvalue weighted by Crippen LogP contribution is -2.23. The van der Waals surface area contributed by atoms with Crippen LogP contribution in [0.5, 0.6) is 0 Å². The Labute approximate surface area is 166 Å². The molecule has 1 heterocycles. The second-order valence-electron chi connectivity index (χ2n) is 5.99. The highest BCUT2D eigenvalue weighted by Crippen LogP contribution is 2.27. The largest absolute Gasteiger partial charge is 0.462 e. The van der Waals surface area contributed by atoms with E-state index in [4.69, 9.17) is 4.74 Å². The van der Waals surface area contributed by atoms with Crippen LogP contribution >= 0.6 is 11.3 Å². The SMILES string of the molecule is CCOC(=O)c1ccc2nc(NC(=O)CS(=O)(=O)Cc3ccccc3)sc2c1. The van der Waals surface area contributed by atoms with E-state index in [2.05, 4.69) is 10.3 Å². The number of rotatable bonds is 7. The van der Waals surface area contributed by atoms with Crippen LogP contribution in [-0.2, 0) is 25.1 Å². The Kier molecular flexibility index (Phi) is 6.05. The van der Waals surface area contributed by atoms with Crippen molar-refractivity contribution in [3.05, 3.63) is 59.7 Å². The van der Waals surface area contributed by atoms with E-state index in [1.807, 2.05) is 0 Å². The topological polar surface area (TPSA) is 102 Å². The number of nitrogens with zero attached hydrogens (tertiary/aromatic N) is 1. The summed E-state index contributed by atoms with van der Waals surface area (Å²) in [4.78, 5) is 28.2. The Morgan fingerprint density at radius 3 is 2.61 bits per heavy atom. The van der Waals surface area contributed by atoms with Gasteiger partial charge in [0.1, 0.15) is 5.75 Å². The maximum Gasteiger partial charge on any atom is 0.338 e. The van der Waals surface area contributed by atoms with Crippen molar-refractivity contribution in [1.29, 1.82) is 0 Å². The first-order valence-corrected chi connectivity index (χ1v) is 11.1. The predicted octanol–water partition coefficient (Wildman–Crippen LogP) is 3.03. The molecule has 0 spiro atoms. The van der Waals surface area contributed by atoms with E-state index in [-0.39, 0.29) is 17.5 Å². The number of sulfone groups is 1. The van der Waals surface area contributed by atoms with Crippen LogP contribution in [0.1, 0.15) is 22.8 Å². The van der Waals surface area contributed by atoms with Gasteiger partial charge in [-0.15, -0.1) is 0 Å². The van der Waals surface area contributed by atoms with Gasteiger partial charge in [0.2, 0.25) is 5.91 Å². The molecule has 0 atom stereocenters. The zero-order valence-electron chi connectivity index (χ0n) is 15.0. The summed E-state index contributed by atoms with van der Waals surface area (Å²) in [5.41, 5.74) is 1.61. The number of hydrogen-bond acceptors (Lipinski definition) is 7. The van der Waals surface area contributed by atoms with E-state index in [1.165, 1.54) is 0 Å². The van der Waals surface area contributed by atoms with Crippen LogP contribution in [-0.4, -0.2) is 37.6 Å². The van der Waals surface area contributed by atoms with Crippen LogP contribution in [0.2, 0.25) is 0 Å². The van der Waals surface area contributed by atoms with E-state index in [0.29, 0.717) is 21.3 Å². The first-order valence-electron chi connectivity index (χ1n) is 8.48. The van der Waals surface area contributed by atoms with Gasteiger partial charge in [0.25, 0.3) is 0 Å². The van der Waals surface area contributed by atoms with Crippen LogP contribution in [0.4, 0.5) is 5.13 Å². The van der Waals surface area contributed by atoms with E-state index < -0.39 is 27.5 Å². The molecule has 1 N–H and O–H groups in total. The molecule has 0 saturated heterocycles. The maximum atomic E-state index is 12.2. The van der Waals surface area contributed by atoms with Crippen molar-refractivity contribution in [2.75, 3.05) is 17.7 Å². The minimum Gasteiger partial charge on any atom is -0.462 e. The number of ether oxygens (including phenoxy) is 1. The molecule has 1 aromatic heterocycles. The first kappa shape index (κ1) is 20.0. The monoisotopic (exact) mass is 418 g/mol. The summed E-state index contributed by atoms with van der Waals surface area (Å²) in [6.45, 7) is 2.00. The summed E-state index contributed by atoms with van der Waals surface area (Å²) in [7, 11) is -3.60. The minimum absolute atomic E-state index is 0.204. The molecule has 0 aliphatic carbocycles. The van der Waals surface area contributed by atoms with Crippen molar-refractivity contribution in [3.63, 3.8) is 0 Å². The molecule has 0 saturated carbocycles. The summed E-state index contributed by atoms with van der Waals surface area (Å²) in [5.74, 6) is -1.92. The molecule has 28 heavy (non-hydrogen) atoms. The van der Waals surface area contributed by atoms with Crippen molar-refractivity contribution in [1.82, 2.24) is 4.98 Å². The first-order chi connectivity index (χ1) is 13.4. The molecule has 1 amide bonds. The highest BCUT2D eigenvalue weighted by molar-refractivity contribution is 7.91. The Hall–Kier alpha value is -2.78. The Morgan fingerprint density at radius 2 is 1.89 bits per heavy atom. The Balaban J connectivity index is 1.68. The van der Waals surface area contributed by atoms with Crippen molar-refractivity contribution in [2.24, 2.45) is 0 Å². The van der Waals surface area contributed by atoms with E-state index >= 15 is 0 Å². The summed E-state index contributed by atoms with van der Waals surface area (Å²) >= 11 is 1.16. The van der Waals surface area contributed by atoms with Gasteiger partial charge < -0.3 is 10.1 Å². The van der Waals surface area contributed by atoms with Crippen LogP contribution in [0.3, 0.4) is 0 Å². The van der Waals surface area contributed by atoms with Crippen molar-refractivity contribution >= 4 is 48.4 Å². The lowest BCUT2D eigenvalue weighted by atomic mass is 10.2. The zero-order chi connectivity index (χ0) is 20.1. The Morgan fingerprint density at radius 1 is 1.14 bits per heavy atom. The molecule has 146 valence electrons. The van der Waals surface area contributed by atoms with E-state index in [9.17, 15) is 18.0 Å². The average molecular weight is 418 g/mol. The van der Waals surface area contributed by atoms with Gasteiger partial charge in [-0.25, -0.2) is 18.2 Å². The van der Waals surface area contributed by atoms with Crippen LogP contribution < -0.4 is 5.32 Å². The fourth-order valence-corrected chi connectivity index (χ4v) is 4.75. The van der Waals surface area contributed by atoms with Crippen molar-refractivity contribution in [2.45, 2.75) is 12.7 Å². The fourth-order valence-electron chi connectivity index (χ4n) is 2.55. The molecule has 2 aromatic carbocycles. The normalized spacial score (nSPS) is 11.3. The summed E-state index contributed by atoms with van der Waals surface area (Å²) < 4.78 is 30.1. The third-order valence-electron chi connectivity index (χ3n) is 3.73. The van der Waals surface area contributed by atoms with Gasteiger partial charge in [0.15, 0.2) is 15.0 Å². The fraction of sp³-hybridized carbons (Fsp3) is 0.211. The van der Waals surface area contributed by atoms with Crippen LogP contribution in [0.25, 0.3) is 10.2 Å². The molecule has 0 unspecified atom stereocenters. The molecule has 0 radical (unpaired) electrons. The quantitative estimate of drug-likeness (QED) is 0.592. The lowest BCUT2D eigenvalue weighted by Gasteiger charge is -2.04. The third-order valence-corrected chi connectivity index (χ3v) is 6.14. The lowest BCUT2D eigenvalue weighted by molar-refractivity contribution is -0.113. The van der Waals surface area contributed by atoms with Crippen LogP contribution in [0.15, 0.2) is 48.5 Å². The van der Waals surface area contributed by atoms with Crippen molar-refractivity contribution in [3.8, 4) is 0 Å². The van der Waals surface area contributed by atoms with E-state index in [0.717, 1.165) is 11.3 Å². The molecule has 0 aliphatic rings. The number of benzene rings is 2. The maximum absolute atomic E-state index is 12.2. The highest BCUT2D eigenvalue weighted by atomic mass is 32.2. The van der Waals surface area contributed by atoms with Gasteiger partial charge in [-0.3, -0.25) is 4.79 Å². The van der Waals surface area contributed by atoms with Gasteiger partial charge in [-0.05, 0) is 30.7 Å². The molecule has 7 nitrogen and oxygen atoms in total. The number of anilines is 1. The zero-order valence-corrected chi connectivity index (χ0v) is 16.7. The van der Waals surface area contributed by atoms with Gasteiger partial charge in [-0.1, -0.05) is 41.7 Å².